The molecule has 2 aliphatic heterocycles. The fourth-order valence-electron chi connectivity index (χ4n) is 4.59. The van der Waals surface area contributed by atoms with Gasteiger partial charge in [0.1, 0.15) is 19.0 Å². The van der Waals surface area contributed by atoms with Crippen LogP contribution in [0.15, 0.2) is 11.6 Å². The van der Waals surface area contributed by atoms with Crippen LogP contribution in [0.2, 0.25) is 0 Å². The summed E-state index contributed by atoms with van der Waals surface area (Å²) in [5, 5.41) is 5.30. The number of cyclic esters (lactones) is 1. The summed E-state index contributed by atoms with van der Waals surface area (Å²) in [7, 11) is 3.07. The van der Waals surface area contributed by atoms with Gasteiger partial charge in [-0.25, -0.2) is 9.59 Å². The van der Waals surface area contributed by atoms with E-state index in [1.165, 1.54) is 26.3 Å². The Bertz CT molecular complexity index is 982. The highest BCUT2D eigenvalue weighted by atomic mass is 16.5. The molecule has 1 aromatic carbocycles. The predicted molar refractivity (Wildman–Crippen MR) is 133 cm³/mol. The number of likely N-dealkylation sites (tertiary alicyclic amines) is 1. The number of esters is 2. The number of nitrogens with zero attached hydrogens (tertiary/aromatic N) is 1. The molecule has 2 aliphatic rings. The van der Waals surface area contributed by atoms with Gasteiger partial charge in [0, 0.05) is 31.1 Å². The molecule has 0 radical (unpaired) electrons. The highest BCUT2D eigenvalue weighted by Gasteiger charge is 2.32. The molecule has 0 unspecified atom stereocenters. The first-order valence-electron chi connectivity index (χ1n) is 12.3. The quantitative estimate of drug-likeness (QED) is 0.383. The summed E-state index contributed by atoms with van der Waals surface area (Å²) in [6.45, 7) is 7.36. The number of hydrogen-bond donors (Lipinski definition) is 2. The molecule has 0 spiro atoms. The third kappa shape index (κ3) is 6.75. The predicted octanol–water partition coefficient (Wildman–Crippen LogP) is 3.72. The number of carbonyl (C=O) groups is 3. The summed E-state index contributed by atoms with van der Waals surface area (Å²) >= 11 is 0. The number of nitrogens with one attached hydrogen (secondary N) is 2. The van der Waals surface area contributed by atoms with Crippen molar-refractivity contribution >= 4 is 23.7 Å². The maximum Gasteiger partial charge on any atom is 0.341 e. The van der Waals surface area contributed by atoms with Crippen LogP contribution < -0.4 is 15.4 Å². The molecule has 0 bridgehead atoms. The van der Waals surface area contributed by atoms with Crippen molar-refractivity contribution in [2.24, 2.45) is 0 Å². The van der Waals surface area contributed by atoms with Crippen molar-refractivity contribution in [3.63, 3.8) is 0 Å². The van der Waals surface area contributed by atoms with Gasteiger partial charge in [0.2, 0.25) is 0 Å². The number of amides is 2. The van der Waals surface area contributed by atoms with Gasteiger partial charge in [0.05, 0.1) is 18.4 Å². The summed E-state index contributed by atoms with van der Waals surface area (Å²) in [6.07, 6.45) is 6.99. The Labute approximate surface area is 207 Å². The molecule has 0 atom stereocenters. The van der Waals surface area contributed by atoms with Gasteiger partial charge in [0.15, 0.2) is 0 Å². The van der Waals surface area contributed by atoms with E-state index in [0.29, 0.717) is 48.4 Å². The van der Waals surface area contributed by atoms with E-state index < -0.39 is 12.0 Å². The molecule has 2 N–H and O–H groups in total. The Hall–Kier alpha value is -3.07. The molecule has 0 aliphatic carbocycles. The van der Waals surface area contributed by atoms with Crippen LogP contribution in [0.1, 0.15) is 66.1 Å². The molecule has 0 saturated carbocycles. The van der Waals surface area contributed by atoms with Crippen molar-refractivity contribution in [3.8, 4) is 5.75 Å². The van der Waals surface area contributed by atoms with Gasteiger partial charge in [0.25, 0.3) is 0 Å². The molecule has 35 heavy (non-hydrogen) atoms. The molecule has 3 rings (SSSR count). The first-order valence-corrected chi connectivity index (χ1v) is 12.3. The van der Waals surface area contributed by atoms with Crippen LogP contribution in [-0.4, -0.2) is 63.3 Å². The smallest absolute Gasteiger partial charge is 0.341 e. The molecule has 9 heteroatoms. The molecular weight excluding hydrogens is 450 g/mol. The minimum Gasteiger partial charge on any atom is -0.496 e. The molecule has 0 aromatic heterocycles. The van der Waals surface area contributed by atoms with Gasteiger partial charge in [-0.2, -0.15) is 0 Å². The third-order valence-electron chi connectivity index (χ3n) is 6.64. The standard InChI is InChI=1S/C26H37N3O6/c1-17(9-11-21(30)34-15-14-29-12-6-5-7-13-29)8-10-19-23(28-26(32)27-3)22-20(16-35-25(22)31)18(2)24(19)33-4/h8H,5-7,9-16H2,1-4H3,(H2,27,28,32)/b17-8+. The zero-order valence-electron chi connectivity index (χ0n) is 21.3. The Morgan fingerprint density at radius 1 is 1.17 bits per heavy atom. The average molecular weight is 488 g/mol. The lowest BCUT2D eigenvalue weighted by Gasteiger charge is -2.25. The van der Waals surface area contributed by atoms with E-state index in [1.54, 1.807) is 7.11 Å². The number of anilines is 1. The number of carbonyl (C=O) groups excluding carboxylic acids is 3. The number of ether oxygens (including phenoxy) is 3. The van der Waals surface area contributed by atoms with E-state index in [0.717, 1.165) is 36.3 Å². The third-order valence-corrected chi connectivity index (χ3v) is 6.64. The zero-order chi connectivity index (χ0) is 25.4. The summed E-state index contributed by atoms with van der Waals surface area (Å²) in [4.78, 5) is 39.1. The number of urea groups is 1. The topological polar surface area (TPSA) is 106 Å². The monoisotopic (exact) mass is 487 g/mol. The lowest BCUT2D eigenvalue weighted by Crippen LogP contribution is -2.33. The van der Waals surface area contributed by atoms with Crippen LogP contribution in [0.25, 0.3) is 0 Å². The molecular formula is C26H37N3O6. The van der Waals surface area contributed by atoms with E-state index in [9.17, 15) is 14.4 Å². The maximum absolute atomic E-state index is 12.5. The van der Waals surface area contributed by atoms with E-state index in [4.69, 9.17) is 14.2 Å². The normalized spacial score (nSPS) is 15.9. The van der Waals surface area contributed by atoms with Crippen LogP contribution in [-0.2, 0) is 27.3 Å². The second-order valence-corrected chi connectivity index (χ2v) is 9.02. The molecule has 1 saturated heterocycles. The van der Waals surface area contributed by atoms with Crippen LogP contribution in [0.5, 0.6) is 5.75 Å². The van der Waals surface area contributed by atoms with Crippen molar-refractivity contribution < 1.29 is 28.6 Å². The summed E-state index contributed by atoms with van der Waals surface area (Å²) in [5.41, 5.74) is 3.99. The van der Waals surface area contributed by atoms with E-state index in [1.807, 2.05) is 19.9 Å². The largest absolute Gasteiger partial charge is 0.496 e. The van der Waals surface area contributed by atoms with E-state index >= 15 is 0 Å². The Morgan fingerprint density at radius 3 is 2.60 bits per heavy atom. The minimum atomic E-state index is -0.466. The van der Waals surface area contributed by atoms with E-state index in [2.05, 4.69) is 15.5 Å². The van der Waals surface area contributed by atoms with E-state index in [-0.39, 0.29) is 12.6 Å². The Kier molecular flexibility index (Phi) is 9.54. The Morgan fingerprint density at radius 2 is 1.91 bits per heavy atom. The first kappa shape index (κ1) is 26.5. The second-order valence-electron chi connectivity index (χ2n) is 9.02. The number of benzene rings is 1. The van der Waals surface area contributed by atoms with Crippen molar-refractivity contribution in [2.75, 3.05) is 45.7 Å². The molecule has 9 nitrogen and oxygen atoms in total. The first-order chi connectivity index (χ1) is 16.8. The van der Waals surface area contributed by atoms with Crippen LogP contribution >= 0.6 is 0 Å². The molecule has 1 aromatic rings. The fourth-order valence-corrected chi connectivity index (χ4v) is 4.59. The Balaban J connectivity index is 1.66. The number of piperidine rings is 1. The maximum atomic E-state index is 12.5. The van der Waals surface area contributed by atoms with Crippen molar-refractivity contribution in [1.82, 2.24) is 10.2 Å². The fraction of sp³-hybridized carbons (Fsp3) is 0.577. The summed E-state index contributed by atoms with van der Waals surface area (Å²) in [5.74, 6) is -0.0635. The van der Waals surface area contributed by atoms with Crippen molar-refractivity contribution in [1.29, 1.82) is 0 Å². The van der Waals surface area contributed by atoms with Gasteiger partial charge in [-0.3, -0.25) is 9.69 Å². The number of hydrogen-bond acceptors (Lipinski definition) is 7. The number of rotatable bonds is 10. The van der Waals surface area contributed by atoms with Gasteiger partial charge >= 0.3 is 18.0 Å². The summed E-state index contributed by atoms with van der Waals surface area (Å²) < 4.78 is 16.3. The number of fused-ring (bicyclic) bond motifs is 1. The lowest BCUT2D eigenvalue weighted by molar-refractivity contribution is -0.144. The molecule has 192 valence electrons. The van der Waals surface area contributed by atoms with Crippen molar-refractivity contribution in [2.45, 2.75) is 59.0 Å². The van der Waals surface area contributed by atoms with Gasteiger partial charge in [-0.15, -0.1) is 0 Å². The van der Waals surface area contributed by atoms with Crippen LogP contribution in [0.4, 0.5) is 10.5 Å². The van der Waals surface area contributed by atoms with Gasteiger partial charge in [-0.05, 0) is 58.2 Å². The average Bonchev–Trinajstić information content (AvgIpc) is 3.25. The number of allylic oxidation sites excluding steroid dienone is 2. The van der Waals surface area contributed by atoms with Gasteiger partial charge < -0.3 is 24.8 Å². The zero-order valence-corrected chi connectivity index (χ0v) is 21.3. The molecule has 2 amide bonds. The molecule has 2 heterocycles. The minimum absolute atomic E-state index is 0.147. The summed E-state index contributed by atoms with van der Waals surface area (Å²) in [6, 6.07) is -0.438. The highest BCUT2D eigenvalue weighted by molar-refractivity contribution is 6.05. The molecule has 1 fully saturated rings. The SMILES string of the molecule is CNC(=O)Nc1c(C/C=C(\C)CCC(=O)OCCN2CCCCC2)c(OC)c(C)c2c1C(=O)OC2. The van der Waals surface area contributed by atoms with Crippen molar-refractivity contribution in [3.05, 3.63) is 33.9 Å². The van der Waals surface area contributed by atoms with Crippen LogP contribution in [0, 0.1) is 6.92 Å². The number of methoxy groups -OCH3 is 1. The van der Waals surface area contributed by atoms with Gasteiger partial charge in [-0.1, -0.05) is 18.1 Å². The second kappa shape index (κ2) is 12.6. The van der Waals surface area contributed by atoms with Crippen LogP contribution in [0.3, 0.4) is 0 Å². The highest BCUT2D eigenvalue weighted by Crippen LogP contribution is 2.41. The lowest BCUT2D eigenvalue weighted by atomic mass is 9.93.